The number of thiocarbonyl (C=S) groups is 1. The van der Waals surface area contributed by atoms with Crippen molar-refractivity contribution in [2.45, 2.75) is 39.3 Å². The second-order valence-electron chi connectivity index (χ2n) is 8.84. The predicted octanol–water partition coefficient (Wildman–Crippen LogP) is 6.24. The average molecular weight is 483 g/mol. The van der Waals surface area contributed by atoms with Crippen LogP contribution in [0.3, 0.4) is 0 Å². The highest BCUT2D eigenvalue weighted by Crippen LogP contribution is 2.44. The van der Waals surface area contributed by atoms with Gasteiger partial charge >= 0.3 is 0 Å². The molecule has 1 saturated heterocycles. The van der Waals surface area contributed by atoms with Crippen LogP contribution in [0.4, 0.5) is 5.69 Å². The van der Waals surface area contributed by atoms with Gasteiger partial charge in [-0.1, -0.05) is 37.3 Å². The van der Waals surface area contributed by atoms with Gasteiger partial charge in [-0.15, -0.1) is 0 Å². The van der Waals surface area contributed by atoms with Gasteiger partial charge in [-0.05, 0) is 80.0 Å². The van der Waals surface area contributed by atoms with Crippen molar-refractivity contribution < 1.29 is 4.74 Å². The molecule has 2 atom stereocenters. The van der Waals surface area contributed by atoms with Crippen molar-refractivity contribution in [2.24, 2.45) is 0 Å². The van der Waals surface area contributed by atoms with E-state index in [0.29, 0.717) is 5.11 Å². The standard InChI is InChI=1S/C29H30N4OS/c1-5-21-11-6-7-15-26(21)32-19(2)17-24(20(32)3)28-27(25-14-8-9-16-30-25)31-29(35)33(28)22-12-10-13-23(18-22)34-4/h6-18,27-28H,5H2,1-4H3,(H,31,35)/t27-,28-/m0/s1. The van der Waals surface area contributed by atoms with Crippen molar-refractivity contribution in [3.8, 4) is 11.4 Å². The molecule has 0 saturated carbocycles. The van der Waals surface area contributed by atoms with Crippen molar-refractivity contribution in [3.05, 3.63) is 107 Å². The second kappa shape index (κ2) is 9.55. The summed E-state index contributed by atoms with van der Waals surface area (Å²) in [6.07, 6.45) is 2.82. The minimum absolute atomic E-state index is 0.0711. The van der Waals surface area contributed by atoms with Gasteiger partial charge in [-0.25, -0.2) is 0 Å². The van der Waals surface area contributed by atoms with Gasteiger partial charge in [0.15, 0.2) is 5.11 Å². The Bertz CT molecular complexity index is 1360. The Kier molecular flexibility index (Phi) is 6.31. The maximum atomic E-state index is 5.91. The first-order valence-corrected chi connectivity index (χ1v) is 12.4. The summed E-state index contributed by atoms with van der Waals surface area (Å²) < 4.78 is 7.90. The zero-order valence-electron chi connectivity index (χ0n) is 20.5. The van der Waals surface area contributed by atoms with E-state index in [-0.39, 0.29) is 12.1 Å². The van der Waals surface area contributed by atoms with Crippen LogP contribution in [-0.4, -0.2) is 21.8 Å². The molecule has 1 N–H and O–H groups in total. The molecule has 5 nitrogen and oxygen atoms in total. The lowest BCUT2D eigenvalue weighted by Crippen LogP contribution is -2.29. The first kappa shape index (κ1) is 23.1. The number of nitrogens with zero attached hydrogens (tertiary/aromatic N) is 3. The van der Waals surface area contributed by atoms with Gasteiger partial charge in [0.1, 0.15) is 5.75 Å². The fraction of sp³-hybridized carbons (Fsp3) is 0.241. The Balaban J connectivity index is 1.70. The highest BCUT2D eigenvalue weighted by molar-refractivity contribution is 7.80. The number of nitrogens with one attached hydrogen (secondary N) is 1. The molecule has 2 aromatic heterocycles. The van der Waals surface area contributed by atoms with E-state index in [0.717, 1.165) is 23.6 Å². The molecular weight excluding hydrogens is 452 g/mol. The van der Waals surface area contributed by atoms with Crippen LogP contribution >= 0.6 is 12.2 Å². The number of hydrogen-bond acceptors (Lipinski definition) is 3. The first-order chi connectivity index (χ1) is 17.0. The van der Waals surface area contributed by atoms with Crippen LogP contribution < -0.4 is 15.0 Å². The molecule has 0 radical (unpaired) electrons. The largest absolute Gasteiger partial charge is 0.497 e. The number of aromatic nitrogens is 2. The maximum Gasteiger partial charge on any atom is 0.174 e. The van der Waals surface area contributed by atoms with E-state index in [1.807, 2.05) is 36.5 Å². The lowest BCUT2D eigenvalue weighted by molar-refractivity contribution is 0.415. The van der Waals surface area contributed by atoms with Gasteiger partial charge in [0.2, 0.25) is 0 Å². The average Bonchev–Trinajstić information content (AvgIpc) is 3.39. The summed E-state index contributed by atoms with van der Waals surface area (Å²) in [6, 6.07) is 24.9. The summed E-state index contributed by atoms with van der Waals surface area (Å²) in [5, 5.41) is 4.25. The Morgan fingerprint density at radius 2 is 1.80 bits per heavy atom. The quantitative estimate of drug-likeness (QED) is 0.330. The molecule has 1 fully saturated rings. The van der Waals surface area contributed by atoms with Crippen LogP contribution in [0.1, 0.15) is 47.2 Å². The highest BCUT2D eigenvalue weighted by Gasteiger charge is 2.42. The number of ether oxygens (including phenoxy) is 1. The fourth-order valence-electron chi connectivity index (χ4n) is 5.20. The molecule has 0 unspecified atom stereocenters. The summed E-state index contributed by atoms with van der Waals surface area (Å²) in [5.74, 6) is 0.799. The van der Waals surface area contributed by atoms with Crippen molar-refractivity contribution in [3.63, 3.8) is 0 Å². The summed E-state index contributed by atoms with van der Waals surface area (Å²) in [4.78, 5) is 6.90. The van der Waals surface area contributed by atoms with Crippen LogP contribution in [0.5, 0.6) is 5.75 Å². The SMILES string of the molecule is CCc1ccccc1-n1c(C)cc([C@H]2[C@H](c3ccccn3)NC(=S)N2c2cccc(OC)c2)c1C. The Morgan fingerprint density at radius 1 is 1.00 bits per heavy atom. The van der Waals surface area contributed by atoms with Gasteiger partial charge < -0.3 is 19.5 Å². The molecule has 1 aliphatic rings. The summed E-state index contributed by atoms with van der Waals surface area (Å²) in [5.41, 5.74) is 8.13. The van der Waals surface area contributed by atoms with Crippen LogP contribution in [0.15, 0.2) is 79.0 Å². The molecule has 6 heteroatoms. The minimum atomic E-state index is -0.0923. The smallest absolute Gasteiger partial charge is 0.174 e. The van der Waals surface area contributed by atoms with Gasteiger partial charge in [0, 0.05) is 35.0 Å². The molecule has 5 rings (SSSR count). The third-order valence-corrected chi connectivity index (χ3v) is 7.15. The molecule has 4 aromatic rings. The number of aryl methyl sites for hydroxylation is 2. The van der Waals surface area contributed by atoms with Gasteiger partial charge in [0.05, 0.1) is 24.9 Å². The van der Waals surface area contributed by atoms with E-state index in [1.165, 1.54) is 28.2 Å². The topological polar surface area (TPSA) is 42.3 Å². The van der Waals surface area contributed by atoms with Crippen LogP contribution in [0.2, 0.25) is 0 Å². The maximum absolute atomic E-state index is 5.91. The molecule has 178 valence electrons. The van der Waals surface area contributed by atoms with E-state index >= 15 is 0 Å². The van der Waals surface area contributed by atoms with Crippen molar-refractivity contribution >= 4 is 23.0 Å². The molecule has 0 amide bonds. The number of methoxy groups -OCH3 is 1. The van der Waals surface area contributed by atoms with E-state index in [2.05, 4.69) is 78.0 Å². The number of rotatable bonds is 6. The lowest BCUT2D eigenvalue weighted by atomic mass is 9.96. The van der Waals surface area contributed by atoms with Gasteiger partial charge in [-0.3, -0.25) is 4.98 Å². The molecule has 0 spiro atoms. The summed E-state index contributed by atoms with van der Waals surface area (Å²) in [7, 11) is 1.69. The van der Waals surface area contributed by atoms with E-state index in [1.54, 1.807) is 7.11 Å². The Hall–Kier alpha value is -3.64. The number of anilines is 1. The molecular formula is C29H30N4OS. The minimum Gasteiger partial charge on any atom is -0.497 e. The molecule has 1 aliphatic heterocycles. The number of hydrogen-bond donors (Lipinski definition) is 1. The zero-order valence-corrected chi connectivity index (χ0v) is 21.3. The third kappa shape index (κ3) is 4.08. The summed E-state index contributed by atoms with van der Waals surface area (Å²) >= 11 is 5.91. The molecule has 35 heavy (non-hydrogen) atoms. The zero-order chi connectivity index (χ0) is 24.5. The normalized spacial score (nSPS) is 17.5. The van der Waals surface area contributed by atoms with Crippen molar-refractivity contribution in [1.82, 2.24) is 14.9 Å². The molecule has 0 aliphatic carbocycles. The molecule has 3 heterocycles. The Labute approximate surface area is 212 Å². The van der Waals surface area contributed by atoms with Crippen LogP contribution in [0, 0.1) is 13.8 Å². The van der Waals surface area contributed by atoms with Crippen molar-refractivity contribution in [2.75, 3.05) is 12.0 Å². The van der Waals surface area contributed by atoms with Gasteiger partial charge in [0.25, 0.3) is 0 Å². The number of para-hydroxylation sites is 1. The van der Waals surface area contributed by atoms with E-state index in [9.17, 15) is 0 Å². The van der Waals surface area contributed by atoms with E-state index < -0.39 is 0 Å². The van der Waals surface area contributed by atoms with Crippen LogP contribution in [0.25, 0.3) is 5.69 Å². The van der Waals surface area contributed by atoms with E-state index in [4.69, 9.17) is 21.9 Å². The number of benzene rings is 2. The Morgan fingerprint density at radius 3 is 2.54 bits per heavy atom. The number of pyridine rings is 1. The first-order valence-electron chi connectivity index (χ1n) is 11.9. The third-order valence-electron chi connectivity index (χ3n) is 6.83. The van der Waals surface area contributed by atoms with Crippen LogP contribution in [-0.2, 0) is 6.42 Å². The highest BCUT2D eigenvalue weighted by atomic mass is 32.1. The second-order valence-corrected chi connectivity index (χ2v) is 9.23. The summed E-state index contributed by atoms with van der Waals surface area (Å²) in [6.45, 7) is 6.58. The monoisotopic (exact) mass is 482 g/mol. The predicted molar refractivity (Wildman–Crippen MR) is 146 cm³/mol. The van der Waals surface area contributed by atoms with Gasteiger partial charge in [-0.2, -0.15) is 0 Å². The lowest BCUT2D eigenvalue weighted by Gasteiger charge is -2.28. The fourth-order valence-corrected chi connectivity index (χ4v) is 5.54. The molecule has 0 bridgehead atoms. The van der Waals surface area contributed by atoms with Crippen molar-refractivity contribution in [1.29, 1.82) is 0 Å². The molecule has 2 aromatic carbocycles.